The van der Waals surface area contributed by atoms with Crippen LogP contribution in [-0.2, 0) is 19.1 Å². The molecule has 1 aromatic rings. The lowest BCUT2D eigenvalue weighted by molar-refractivity contribution is -0.200. The first kappa shape index (κ1) is 15.6. The fourth-order valence-corrected chi connectivity index (χ4v) is 2.72. The Bertz CT molecular complexity index is 627. The van der Waals surface area contributed by atoms with E-state index in [-0.39, 0.29) is 23.8 Å². The van der Waals surface area contributed by atoms with Gasteiger partial charge in [0.2, 0.25) is 0 Å². The van der Waals surface area contributed by atoms with Crippen LogP contribution >= 0.6 is 0 Å². The van der Waals surface area contributed by atoms with Gasteiger partial charge in [0, 0.05) is 6.42 Å². The molecule has 0 spiro atoms. The molecule has 3 rings (SSSR count). The van der Waals surface area contributed by atoms with Crippen LogP contribution in [0.1, 0.15) is 41.0 Å². The number of hydroxylamine groups is 2. The lowest BCUT2D eigenvalue weighted by atomic mass is 10.0. The maximum Gasteiger partial charge on any atom is 0.367 e. The topological polar surface area (TPSA) is 82.1 Å². The van der Waals surface area contributed by atoms with Gasteiger partial charge < -0.3 is 14.3 Å². The number of hydrogen-bond acceptors (Lipinski definition) is 6. The van der Waals surface area contributed by atoms with Gasteiger partial charge in [-0.25, -0.2) is 4.79 Å². The highest BCUT2D eigenvalue weighted by atomic mass is 16.7. The van der Waals surface area contributed by atoms with Crippen LogP contribution in [0.4, 0.5) is 0 Å². The van der Waals surface area contributed by atoms with E-state index in [1.807, 2.05) is 0 Å². The van der Waals surface area contributed by atoms with E-state index in [0.717, 1.165) is 0 Å². The molecule has 2 amide bonds. The summed E-state index contributed by atoms with van der Waals surface area (Å²) in [5.74, 6) is -2.10. The van der Waals surface area contributed by atoms with Crippen LogP contribution in [0.25, 0.3) is 0 Å². The van der Waals surface area contributed by atoms with Gasteiger partial charge in [-0.15, -0.1) is 0 Å². The highest BCUT2D eigenvalue weighted by Crippen LogP contribution is 2.29. The number of carbonyl (C=O) groups excluding carboxylic acids is 3. The van der Waals surface area contributed by atoms with Crippen molar-refractivity contribution in [1.82, 2.24) is 5.06 Å². The molecule has 0 bridgehead atoms. The Morgan fingerprint density at radius 1 is 1.22 bits per heavy atom. The van der Waals surface area contributed by atoms with Gasteiger partial charge in [0.05, 0.1) is 30.4 Å². The molecule has 0 radical (unpaired) electrons. The summed E-state index contributed by atoms with van der Waals surface area (Å²) in [6.07, 6.45) is 0.0825. The zero-order valence-corrected chi connectivity index (χ0v) is 12.9. The average Bonchev–Trinajstić information content (AvgIpc) is 3.07. The Labute approximate surface area is 133 Å². The standard InChI is InChI=1S/C16H17NO6/c1-10(2)22-16(7-8-21-9-16)15(20)23-17-13(18)11-5-3-4-6-12(11)14(17)19/h3-6,10H,7-9H2,1-2H3. The van der Waals surface area contributed by atoms with Crippen LogP contribution in [0.3, 0.4) is 0 Å². The Morgan fingerprint density at radius 3 is 2.30 bits per heavy atom. The van der Waals surface area contributed by atoms with Gasteiger partial charge in [-0.05, 0) is 26.0 Å². The molecular weight excluding hydrogens is 302 g/mol. The molecule has 0 aromatic heterocycles. The normalized spacial score (nSPS) is 23.5. The van der Waals surface area contributed by atoms with E-state index in [0.29, 0.717) is 18.1 Å². The molecule has 0 N–H and O–H groups in total. The molecule has 2 aliphatic rings. The first-order valence-corrected chi connectivity index (χ1v) is 7.40. The van der Waals surface area contributed by atoms with Crippen molar-refractivity contribution in [2.24, 2.45) is 0 Å². The minimum atomic E-state index is -1.29. The van der Waals surface area contributed by atoms with Crippen molar-refractivity contribution in [1.29, 1.82) is 0 Å². The highest BCUT2D eigenvalue weighted by Gasteiger charge is 2.49. The fourth-order valence-electron chi connectivity index (χ4n) is 2.72. The van der Waals surface area contributed by atoms with Crippen molar-refractivity contribution in [3.63, 3.8) is 0 Å². The summed E-state index contributed by atoms with van der Waals surface area (Å²) < 4.78 is 10.9. The number of hydrogen-bond donors (Lipinski definition) is 0. The van der Waals surface area contributed by atoms with Gasteiger partial charge in [0.1, 0.15) is 0 Å². The average molecular weight is 319 g/mol. The summed E-state index contributed by atoms with van der Waals surface area (Å²) in [4.78, 5) is 42.1. The molecule has 2 aliphatic heterocycles. The number of nitrogens with zero attached hydrogens (tertiary/aromatic N) is 1. The first-order chi connectivity index (χ1) is 10.9. The third-order valence-corrected chi connectivity index (χ3v) is 3.75. The number of ether oxygens (including phenoxy) is 2. The van der Waals surface area contributed by atoms with E-state index in [4.69, 9.17) is 14.3 Å². The van der Waals surface area contributed by atoms with Crippen LogP contribution in [-0.4, -0.2) is 47.8 Å². The molecule has 7 nitrogen and oxygen atoms in total. The third-order valence-electron chi connectivity index (χ3n) is 3.75. The van der Waals surface area contributed by atoms with Gasteiger partial charge in [-0.3, -0.25) is 9.59 Å². The van der Waals surface area contributed by atoms with Gasteiger partial charge >= 0.3 is 5.97 Å². The predicted molar refractivity (Wildman–Crippen MR) is 77.4 cm³/mol. The number of carbonyl (C=O) groups is 3. The monoisotopic (exact) mass is 319 g/mol. The second-order valence-corrected chi connectivity index (χ2v) is 5.79. The molecule has 23 heavy (non-hydrogen) atoms. The first-order valence-electron chi connectivity index (χ1n) is 7.40. The summed E-state index contributed by atoms with van der Waals surface area (Å²) in [6.45, 7) is 3.96. The molecule has 1 unspecified atom stereocenters. The number of benzene rings is 1. The van der Waals surface area contributed by atoms with Crippen molar-refractivity contribution in [2.75, 3.05) is 13.2 Å². The maximum absolute atomic E-state index is 12.5. The largest absolute Gasteiger partial charge is 0.378 e. The van der Waals surface area contributed by atoms with Crippen molar-refractivity contribution in [3.05, 3.63) is 35.4 Å². The molecule has 1 atom stereocenters. The molecular formula is C16H17NO6. The quantitative estimate of drug-likeness (QED) is 0.779. The molecule has 0 saturated carbocycles. The third kappa shape index (κ3) is 2.62. The molecule has 1 fully saturated rings. The summed E-state index contributed by atoms with van der Waals surface area (Å²) in [6, 6.07) is 6.32. The van der Waals surface area contributed by atoms with Crippen molar-refractivity contribution in [2.45, 2.75) is 32.0 Å². The van der Waals surface area contributed by atoms with Crippen LogP contribution in [0.2, 0.25) is 0 Å². The zero-order valence-electron chi connectivity index (χ0n) is 12.9. The van der Waals surface area contributed by atoms with Gasteiger partial charge in [0.25, 0.3) is 11.8 Å². The summed E-state index contributed by atoms with van der Waals surface area (Å²) in [5.41, 5.74) is -0.859. The lowest BCUT2D eigenvalue weighted by Gasteiger charge is -2.28. The van der Waals surface area contributed by atoms with E-state index in [1.54, 1.807) is 26.0 Å². The highest BCUT2D eigenvalue weighted by molar-refractivity contribution is 6.21. The Balaban J connectivity index is 1.81. The lowest BCUT2D eigenvalue weighted by Crippen LogP contribution is -2.48. The number of imide groups is 1. The number of amides is 2. The van der Waals surface area contributed by atoms with Gasteiger partial charge in [0.15, 0.2) is 5.60 Å². The van der Waals surface area contributed by atoms with E-state index in [2.05, 4.69) is 0 Å². The summed E-state index contributed by atoms with van der Waals surface area (Å²) >= 11 is 0. The summed E-state index contributed by atoms with van der Waals surface area (Å²) in [7, 11) is 0. The van der Waals surface area contributed by atoms with Crippen molar-refractivity contribution < 1.29 is 28.7 Å². The minimum Gasteiger partial charge on any atom is -0.378 e. The van der Waals surface area contributed by atoms with Crippen molar-refractivity contribution in [3.8, 4) is 0 Å². The molecule has 1 saturated heterocycles. The Kier molecular flexibility index (Phi) is 3.91. The zero-order chi connectivity index (χ0) is 16.6. The van der Waals surface area contributed by atoms with Crippen LogP contribution in [0, 0.1) is 0 Å². The van der Waals surface area contributed by atoms with Gasteiger partial charge in [-0.2, -0.15) is 0 Å². The van der Waals surface area contributed by atoms with E-state index in [1.165, 1.54) is 12.1 Å². The molecule has 0 aliphatic carbocycles. The van der Waals surface area contributed by atoms with Crippen LogP contribution in [0.5, 0.6) is 0 Å². The Hall–Kier alpha value is -2.25. The number of fused-ring (bicyclic) bond motifs is 1. The Morgan fingerprint density at radius 2 is 1.83 bits per heavy atom. The van der Waals surface area contributed by atoms with Crippen LogP contribution in [0.15, 0.2) is 24.3 Å². The molecule has 1 aromatic carbocycles. The van der Waals surface area contributed by atoms with Crippen LogP contribution < -0.4 is 0 Å². The summed E-state index contributed by atoms with van der Waals surface area (Å²) in [5, 5.41) is 0.497. The van der Waals surface area contributed by atoms with Gasteiger partial charge in [-0.1, -0.05) is 17.2 Å². The number of rotatable bonds is 4. The maximum atomic E-state index is 12.5. The SMILES string of the molecule is CC(C)OC1(C(=O)ON2C(=O)c3ccccc3C2=O)CCOC1. The molecule has 2 heterocycles. The smallest absolute Gasteiger partial charge is 0.367 e. The molecule has 122 valence electrons. The van der Waals surface area contributed by atoms with Crippen molar-refractivity contribution >= 4 is 17.8 Å². The fraction of sp³-hybridized carbons (Fsp3) is 0.438. The minimum absolute atomic E-state index is 0.0349. The van der Waals surface area contributed by atoms with E-state index < -0.39 is 23.4 Å². The van der Waals surface area contributed by atoms with E-state index >= 15 is 0 Å². The van der Waals surface area contributed by atoms with E-state index in [9.17, 15) is 14.4 Å². The predicted octanol–water partition coefficient (Wildman–Crippen LogP) is 1.32. The second kappa shape index (κ2) is 5.75. The second-order valence-electron chi connectivity index (χ2n) is 5.79. The molecule has 7 heteroatoms.